The van der Waals surface area contributed by atoms with E-state index < -0.39 is 0 Å². The lowest BCUT2D eigenvalue weighted by atomic mass is 10.0. The Hall–Kier alpha value is -2.36. The summed E-state index contributed by atoms with van der Waals surface area (Å²) in [5.41, 5.74) is 3.34. The van der Waals surface area contributed by atoms with Crippen molar-refractivity contribution in [2.75, 3.05) is 26.1 Å². The van der Waals surface area contributed by atoms with Crippen LogP contribution in [0.4, 0.5) is 5.69 Å². The van der Waals surface area contributed by atoms with Gasteiger partial charge in [-0.3, -0.25) is 0 Å². The number of nitrogens with one attached hydrogen (secondary N) is 1. The molecular weight excluding hydrogens is 278 g/mol. The number of benzene rings is 2. The van der Waals surface area contributed by atoms with Crippen LogP contribution in [0, 0.1) is 6.92 Å². The molecule has 3 rings (SSSR count). The van der Waals surface area contributed by atoms with E-state index in [1.807, 2.05) is 18.2 Å². The Balaban J connectivity index is 1.80. The number of aryl methyl sites for hydroxylation is 1. The van der Waals surface area contributed by atoms with Crippen LogP contribution in [0.1, 0.15) is 11.1 Å². The predicted molar refractivity (Wildman–Crippen MR) is 87.3 cm³/mol. The van der Waals surface area contributed by atoms with Crippen molar-refractivity contribution in [3.05, 3.63) is 47.5 Å². The lowest BCUT2D eigenvalue weighted by molar-refractivity contribution is 0.205. The molecule has 4 nitrogen and oxygen atoms in total. The van der Waals surface area contributed by atoms with Crippen LogP contribution in [0.25, 0.3) is 0 Å². The smallest absolute Gasteiger partial charge is 0.143 e. The van der Waals surface area contributed by atoms with Crippen molar-refractivity contribution in [1.82, 2.24) is 0 Å². The van der Waals surface area contributed by atoms with Crippen molar-refractivity contribution in [3.8, 4) is 17.2 Å². The van der Waals surface area contributed by atoms with Gasteiger partial charge < -0.3 is 19.5 Å². The number of methoxy groups -OCH3 is 2. The molecule has 0 amide bonds. The summed E-state index contributed by atoms with van der Waals surface area (Å²) in [4.78, 5) is 0. The normalized spacial score (nSPS) is 16.2. The predicted octanol–water partition coefficient (Wildman–Crippen LogP) is 3.43. The van der Waals surface area contributed by atoms with Gasteiger partial charge >= 0.3 is 0 Å². The molecule has 0 spiro atoms. The van der Waals surface area contributed by atoms with Crippen molar-refractivity contribution in [2.24, 2.45) is 0 Å². The highest BCUT2D eigenvalue weighted by Gasteiger charge is 2.21. The van der Waals surface area contributed by atoms with Crippen molar-refractivity contribution in [1.29, 1.82) is 0 Å². The molecule has 4 heteroatoms. The highest BCUT2D eigenvalue weighted by molar-refractivity contribution is 5.59. The summed E-state index contributed by atoms with van der Waals surface area (Å²) in [7, 11) is 3.35. The highest BCUT2D eigenvalue weighted by Crippen LogP contribution is 2.32. The van der Waals surface area contributed by atoms with Gasteiger partial charge in [-0.25, -0.2) is 0 Å². The quantitative estimate of drug-likeness (QED) is 0.939. The van der Waals surface area contributed by atoms with E-state index in [-0.39, 0.29) is 6.10 Å². The second-order valence-electron chi connectivity index (χ2n) is 5.50. The average molecular weight is 299 g/mol. The van der Waals surface area contributed by atoms with E-state index in [9.17, 15) is 0 Å². The first-order valence-electron chi connectivity index (χ1n) is 7.41. The Morgan fingerprint density at radius 2 is 2.00 bits per heavy atom. The minimum absolute atomic E-state index is 0.0651. The molecule has 0 radical (unpaired) electrons. The van der Waals surface area contributed by atoms with Crippen molar-refractivity contribution < 1.29 is 14.2 Å². The summed E-state index contributed by atoms with van der Waals surface area (Å²) in [6.45, 7) is 2.84. The van der Waals surface area contributed by atoms with Gasteiger partial charge in [-0.05, 0) is 42.8 Å². The first-order valence-corrected chi connectivity index (χ1v) is 7.41. The number of fused-ring (bicyclic) bond motifs is 1. The fourth-order valence-corrected chi connectivity index (χ4v) is 2.72. The molecule has 1 aliphatic rings. The third-order valence-corrected chi connectivity index (χ3v) is 3.89. The van der Waals surface area contributed by atoms with Gasteiger partial charge in [-0.1, -0.05) is 6.07 Å². The van der Waals surface area contributed by atoms with E-state index >= 15 is 0 Å². The van der Waals surface area contributed by atoms with E-state index in [0.29, 0.717) is 0 Å². The molecule has 1 unspecified atom stereocenters. The lowest BCUT2D eigenvalue weighted by Gasteiger charge is -2.28. The van der Waals surface area contributed by atoms with Gasteiger partial charge in [-0.15, -0.1) is 0 Å². The zero-order valence-electron chi connectivity index (χ0n) is 13.2. The third kappa shape index (κ3) is 2.96. The minimum Gasteiger partial charge on any atom is -0.497 e. The van der Waals surface area contributed by atoms with Crippen molar-refractivity contribution >= 4 is 5.69 Å². The summed E-state index contributed by atoms with van der Waals surface area (Å²) < 4.78 is 16.9. The van der Waals surface area contributed by atoms with Gasteiger partial charge in [0.15, 0.2) is 0 Å². The number of hydrogen-bond acceptors (Lipinski definition) is 4. The summed E-state index contributed by atoms with van der Waals surface area (Å²) >= 11 is 0. The molecule has 0 aromatic heterocycles. The maximum atomic E-state index is 6.13. The molecule has 116 valence electrons. The first kappa shape index (κ1) is 14.6. The van der Waals surface area contributed by atoms with Gasteiger partial charge in [0.2, 0.25) is 0 Å². The lowest BCUT2D eigenvalue weighted by Crippen LogP contribution is -2.32. The Morgan fingerprint density at radius 1 is 1.14 bits per heavy atom. The second-order valence-corrected chi connectivity index (χ2v) is 5.50. The van der Waals surface area contributed by atoms with Crippen LogP contribution >= 0.6 is 0 Å². The second kappa shape index (κ2) is 6.18. The van der Waals surface area contributed by atoms with Crippen LogP contribution in [0.2, 0.25) is 0 Å². The molecule has 0 saturated carbocycles. The van der Waals surface area contributed by atoms with Crippen LogP contribution in [0.5, 0.6) is 17.2 Å². The number of anilines is 1. The molecule has 0 saturated heterocycles. The molecule has 1 atom stereocenters. The standard InChI is InChI=1S/C18H21NO3/c1-12-4-6-16-18(8-12)22-15(11-19-16)10-13-9-14(20-2)5-7-17(13)21-3/h4-9,15,19H,10-11H2,1-3H3. The zero-order chi connectivity index (χ0) is 15.5. The van der Waals surface area contributed by atoms with Crippen LogP contribution in [-0.4, -0.2) is 26.9 Å². The largest absolute Gasteiger partial charge is 0.497 e. The summed E-state index contributed by atoms with van der Waals surface area (Å²) in [5.74, 6) is 2.60. The van der Waals surface area contributed by atoms with Crippen molar-refractivity contribution in [3.63, 3.8) is 0 Å². The molecule has 1 N–H and O–H groups in total. The van der Waals surface area contributed by atoms with Crippen LogP contribution < -0.4 is 19.5 Å². The highest BCUT2D eigenvalue weighted by atomic mass is 16.5. The molecule has 0 fully saturated rings. The van der Waals surface area contributed by atoms with E-state index in [2.05, 4.69) is 30.4 Å². The Bertz CT molecular complexity index is 669. The summed E-state index contributed by atoms with van der Waals surface area (Å²) in [6.07, 6.45) is 0.830. The first-order chi connectivity index (χ1) is 10.7. The van der Waals surface area contributed by atoms with Crippen molar-refractivity contribution in [2.45, 2.75) is 19.4 Å². The topological polar surface area (TPSA) is 39.7 Å². The summed E-state index contributed by atoms with van der Waals surface area (Å²) in [5, 5.41) is 3.43. The zero-order valence-corrected chi connectivity index (χ0v) is 13.2. The van der Waals surface area contributed by atoms with E-state index in [1.165, 1.54) is 5.56 Å². The van der Waals surface area contributed by atoms with Gasteiger partial charge in [0.1, 0.15) is 23.4 Å². The Labute approximate surface area is 131 Å². The molecular formula is C18H21NO3. The average Bonchev–Trinajstić information content (AvgIpc) is 2.54. The number of hydrogen-bond donors (Lipinski definition) is 1. The summed E-state index contributed by atoms with van der Waals surface area (Å²) in [6, 6.07) is 12.1. The van der Waals surface area contributed by atoms with E-state index in [0.717, 1.165) is 41.5 Å². The van der Waals surface area contributed by atoms with Gasteiger partial charge in [-0.2, -0.15) is 0 Å². The number of ether oxygens (including phenoxy) is 3. The minimum atomic E-state index is 0.0651. The maximum absolute atomic E-state index is 6.13. The molecule has 0 bridgehead atoms. The molecule has 22 heavy (non-hydrogen) atoms. The fraction of sp³-hybridized carbons (Fsp3) is 0.333. The Morgan fingerprint density at radius 3 is 2.77 bits per heavy atom. The molecule has 0 aliphatic carbocycles. The van der Waals surface area contributed by atoms with Gasteiger partial charge in [0.05, 0.1) is 26.5 Å². The van der Waals surface area contributed by atoms with Crippen LogP contribution in [0.3, 0.4) is 0 Å². The van der Waals surface area contributed by atoms with Gasteiger partial charge in [0.25, 0.3) is 0 Å². The fourth-order valence-electron chi connectivity index (χ4n) is 2.72. The molecule has 2 aromatic rings. The van der Waals surface area contributed by atoms with Crippen LogP contribution in [0.15, 0.2) is 36.4 Å². The van der Waals surface area contributed by atoms with Gasteiger partial charge in [0, 0.05) is 12.0 Å². The molecule has 1 aliphatic heterocycles. The molecule has 1 heterocycles. The molecule has 2 aromatic carbocycles. The number of rotatable bonds is 4. The maximum Gasteiger partial charge on any atom is 0.143 e. The van der Waals surface area contributed by atoms with E-state index in [4.69, 9.17) is 14.2 Å². The third-order valence-electron chi connectivity index (χ3n) is 3.89. The van der Waals surface area contributed by atoms with Crippen LogP contribution in [-0.2, 0) is 6.42 Å². The van der Waals surface area contributed by atoms with E-state index in [1.54, 1.807) is 14.2 Å². The Kier molecular flexibility index (Phi) is 4.09. The SMILES string of the molecule is COc1ccc(OC)c(CC2CNc3ccc(C)cc3O2)c1. The monoisotopic (exact) mass is 299 g/mol.